The number of nitrogens with zero attached hydrogens (tertiary/aromatic N) is 1. The van der Waals surface area contributed by atoms with Gasteiger partial charge in [-0.15, -0.1) is 0 Å². The molecule has 1 saturated heterocycles. The minimum Gasteiger partial charge on any atom is -0.507 e. The predicted molar refractivity (Wildman–Crippen MR) is 116 cm³/mol. The molecule has 0 aromatic heterocycles. The molecule has 1 heterocycles. The number of ether oxygens (including phenoxy) is 2. The van der Waals surface area contributed by atoms with Gasteiger partial charge in [0.05, 0.1) is 38.0 Å². The van der Waals surface area contributed by atoms with Crippen LogP contribution in [0.2, 0.25) is 5.02 Å². The molecule has 1 aliphatic heterocycles. The van der Waals surface area contributed by atoms with Crippen LogP contribution in [0.15, 0.2) is 54.1 Å². The van der Waals surface area contributed by atoms with Crippen molar-refractivity contribution >= 4 is 29.1 Å². The van der Waals surface area contributed by atoms with Crippen molar-refractivity contribution in [1.29, 1.82) is 0 Å². The Bertz CT molecular complexity index is 972. The Kier molecular flexibility index (Phi) is 7.68. The molecule has 1 aliphatic rings. The Morgan fingerprint density at radius 2 is 1.81 bits per heavy atom. The average molecular weight is 446 g/mol. The van der Waals surface area contributed by atoms with Crippen LogP contribution in [-0.4, -0.2) is 59.8 Å². The summed E-state index contributed by atoms with van der Waals surface area (Å²) in [5.74, 6) is -1.20. The lowest BCUT2D eigenvalue weighted by molar-refractivity contribution is -0.140. The largest absolute Gasteiger partial charge is 0.507 e. The SMILES string of the molecule is CCOc1ccc(C(O)=C2C(=O)C(=O)N(CCOCCO)[C@H]2c2ccccc2Cl)cc1. The van der Waals surface area contributed by atoms with E-state index in [9.17, 15) is 14.7 Å². The highest BCUT2D eigenvalue weighted by Crippen LogP contribution is 2.41. The van der Waals surface area contributed by atoms with Crippen LogP contribution in [-0.2, 0) is 14.3 Å². The quantitative estimate of drug-likeness (QED) is 0.266. The van der Waals surface area contributed by atoms with Crippen molar-refractivity contribution in [3.05, 3.63) is 70.3 Å². The molecule has 0 radical (unpaired) electrons. The third-order valence-corrected chi connectivity index (χ3v) is 5.23. The minimum atomic E-state index is -0.863. The molecule has 164 valence electrons. The molecule has 0 unspecified atom stereocenters. The number of benzene rings is 2. The van der Waals surface area contributed by atoms with E-state index in [0.717, 1.165) is 0 Å². The van der Waals surface area contributed by atoms with Crippen LogP contribution in [0, 0.1) is 0 Å². The van der Waals surface area contributed by atoms with Gasteiger partial charge >= 0.3 is 0 Å². The molecule has 2 aromatic rings. The summed E-state index contributed by atoms with van der Waals surface area (Å²) in [7, 11) is 0. The monoisotopic (exact) mass is 445 g/mol. The highest BCUT2D eigenvalue weighted by molar-refractivity contribution is 6.47. The van der Waals surface area contributed by atoms with Gasteiger partial charge in [-0.3, -0.25) is 9.59 Å². The maximum absolute atomic E-state index is 12.9. The number of rotatable bonds is 9. The van der Waals surface area contributed by atoms with Gasteiger partial charge in [0.1, 0.15) is 11.5 Å². The molecule has 2 aromatic carbocycles. The Hall–Kier alpha value is -2.87. The maximum Gasteiger partial charge on any atom is 0.295 e. The highest BCUT2D eigenvalue weighted by Gasteiger charge is 2.46. The molecule has 0 aliphatic carbocycles. The Labute approximate surface area is 185 Å². The summed E-state index contributed by atoms with van der Waals surface area (Å²) in [5.41, 5.74) is 0.873. The van der Waals surface area contributed by atoms with Crippen LogP contribution in [0.4, 0.5) is 0 Å². The van der Waals surface area contributed by atoms with Crippen LogP contribution in [0.25, 0.3) is 5.76 Å². The van der Waals surface area contributed by atoms with Crippen molar-refractivity contribution in [2.45, 2.75) is 13.0 Å². The Balaban J connectivity index is 2.05. The van der Waals surface area contributed by atoms with Crippen molar-refractivity contribution in [1.82, 2.24) is 4.90 Å². The number of likely N-dealkylation sites (tertiary alicyclic amines) is 1. The number of hydrogen-bond donors (Lipinski definition) is 2. The van der Waals surface area contributed by atoms with Gasteiger partial charge in [-0.1, -0.05) is 29.8 Å². The summed E-state index contributed by atoms with van der Waals surface area (Å²) in [6.07, 6.45) is 0. The fourth-order valence-electron chi connectivity index (χ4n) is 3.49. The molecule has 3 rings (SSSR count). The maximum atomic E-state index is 12.9. The number of carbonyl (C=O) groups excluding carboxylic acids is 2. The standard InChI is InChI=1S/C23H24ClNO6/c1-2-31-16-9-7-15(8-10-16)21(27)19-20(17-5-3-4-6-18(17)24)25(23(29)22(19)28)11-13-30-14-12-26/h3-10,20,26-27H,2,11-14H2,1H3/t20-/m0/s1. The first-order chi connectivity index (χ1) is 15.0. The number of amides is 1. The van der Waals surface area contributed by atoms with E-state index in [2.05, 4.69) is 0 Å². The predicted octanol–water partition coefficient (Wildman–Crippen LogP) is 3.17. The van der Waals surface area contributed by atoms with E-state index in [4.69, 9.17) is 26.2 Å². The Morgan fingerprint density at radius 1 is 1.10 bits per heavy atom. The smallest absolute Gasteiger partial charge is 0.295 e. The van der Waals surface area contributed by atoms with Gasteiger partial charge in [0.15, 0.2) is 0 Å². The average Bonchev–Trinajstić information content (AvgIpc) is 3.02. The summed E-state index contributed by atoms with van der Waals surface area (Å²) in [6, 6.07) is 12.6. The number of Topliss-reactive ketones (excluding diaryl/α,β-unsaturated/α-hetero) is 1. The number of hydrogen-bond acceptors (Lipinski definition) is 6. The molecular weight excluding hydrogens is 422 g/mol. The third kappa shape index (κ3) is 4.90. The van der Waals surface area contributed by atoms with Gasteiger partial charge < -0.3 is 24.6 Å². The van der Waals surface area contributed by atoms with E-state index in [0.29, 0.717) is 28.5 Å². The van der Waals surface area contributed by atoms with E-state index in [1.165, 1.54) is 4.90 Å². The fourth-order valence-corrected chi connectivity index (χ4v) is 3.73. The first-order valence-corrected chi connectivity index (χ1v) is 10.3. The van der Waals surface area contributed by atoms with E-state index < -0.39 is 17.7 Å². The van der Waals surface area contributed by atoms with Gasteiger partial charge in [0.2, 0.25) is 0 Å². The second kappa shape index (κ2) is 10.4. The lowest BCUT2D eigenvalue weighted by Gasteiger charge is -2.26. The van der Waals surface area contributed by atoms with Crippen molar-refractivity contribution < 1.29 is 29.3 Å². The molecular formula is C23H24ClNO6. The van der Waals surface area contributed by atoms with Crippen LogP contribution in [0.5, 0.6) is 5.75 Å². The van der Waals surface area contributed by atoms with Crippen LogP contribution >= 0.6 is 11.6 Å². The zero-order chi connectivity index (χ0) is 22.4. The number of aliphatic hydroxyl groups is 2. The van der Waals surface area contributed by atoms with Gasteiger partial charge in [-0.25, -0.2) is 0 Å². The number of halogens is 1. The molecule has 1 atom stereocenters. The van der Waals surface area contributed by atoms with Crippen LogP contribution in [0.3, 0.4) is 0 Å². The molecule has 0 saturated carbocycles. The lowest BCUT2D eigenvalue weighted by Crippen LogP contribution is -2.33. The number of aliphatic hydroxyl groups excluding tert-OH is 2. The molecule has 1 amide bonds. The number of ketones is 1. The topological polar surface area (TPSA) is 96.3 Å². The second-order valence-corrected chi connectivity index (χ2v) is 7.21. The summed E-state index contributed by atoms with van der Waals surface area (Å²) >= 11 is 6.39. The zero-order valence-electron chi connectivity index (χ0n) is 17.1. The van der Waals surface area contributed by atoms with Gasteiger partial charge in [-0.05, 0) is 42.8 Å². The van der Waals surface area contributed by atoms with E-state index in [1.807, 2.05) is 6.92 Å². The molecule has 31 heavy (non-hydrogen) atoms. The summed E-state index contributed by atoms with van der Waals surface area (Å²) in [6.45, 7) is 2.56. The summed E-state index contributed by atoms with van der Waals surface area (Å²) in [5, 5.41) is 20.3. The molecule has 0 bridgehead atoms. The van der Waals surface area contributed by atoms with Crippen molar-refractivity contribution in [2.75, 3.05) is 33.0 Å². The van der Waals surface area contributed by atoms with Crippen LogP contribution in [0.1, 0.15) is 24.1 Å². The molecule has 8 heteroatoms. The van der Waals surface area contributed by atoms with Crippen LogP contribution < -0.4 is 4.74 Å². The fraction of sp³-hybridized carbons (Fsp3) is 0.304. The molecule has 2 N–H and O–H groups in total. The van der Waals surface area contributed by atoms with Gasteiger partial charge in [0, 0.05) is 17.1 Å². The first-order valence-electron chi connectivity index (χ1n) is 9.94. The Morgan fingerprint density at radius 3 is 2.45 bits per heavy atom. The summed E-state index contributed by atoms with van der Waals surface area (Å²) < 4.78 is 10.7. The molecule has 1 fully saturated rings. The second-order valence-electron chi connectivity index (χ2n) is 6.81. The van der Waals surface area contributed by atoms with E-state index >= 15 is 0 Å². The summed E-state index contributed by atoms with van der Waals surface area (Å²) in [4.78, 5) is 27.1. The minimum absolute atomic E-state index is 0.0376. The number of carbonyl (C=O) groups is 2. The van der Waals surface area contributed by atoms with Gasteiger partial charge in [-0.2, -0.15) is 0 Å². The van der Waals surface area contributed by atoms with Gasteiger partial charge in [0.25, 0.3) is 11.7 Å². The highest BCUT2D eigenvalue weighted by atomic mass is 35.5. The zero-order valence-corrected chi connectivity index (χ0v) is 17.8. The molecule has 7 nitrogen and oxygen atoms in total. The normalized spacial score (nSPS) is 17.9. The van der Waals surface area contributed by atoms with Crippen molar-refractivity contribution in [3.8, 4) is 5.75 Å². The van der Waals surface area contributed by atoms with E-state index in [-0.39, 0.29) is 37.7 Å². The van der Waals surface area contributed by atoms with Crippen molar-refractivity contribution in [3.63, 3.8) is 0 Å². The molecule has 0 spiro atoms. The third-order valence-electron chi connectivity index (χ3n) is 4.89. The first kappa shape index (κ1) is 22.8. The lowest BCUT2D eigenvalue weighted by atomic mass is 9.95. The van der Waals surface area contributed by atoms with E-state index in [1.54, 1.807) is 48.5 Å². The van der Waals surface area contributed by atoms with Crippen molar-refractivity contribution in [2.24, 2.45) is 0 Å².